The predicted octanol–water partition coefficient (Wildman–Crippen LogP) is 5.41. The molecule has 0 N–H and O–H groups in total. The van der Waals surface area contributed by atoms with Crippen molar-refractivity contribution in [2.45, 2.75) is 19.0 Å². The zero-order valence-electron chi connectivity index (χ0n) is 13.1. The van der Waals surface area contributed by atoms with Crippen LogP contribution in [0.4, 0.5) is 22.0 Å². The van der Waals surface area contributed by atoms with Crippen LogP contribution in [0.3, 0.4) is 0 Å². The van der Waals surface area contributed by atoms with Crippen molar-refractivity contribution in [3.8, 4) is 11.5 Å². The summed E-state index contributed by atoms with van der Waals surface area (Å²) in [6.07, 6.45) is -1.62. The lowest BCUT2D eigenvalue weighted by Gasteiger charge is -2.12. The van der Waals surface area contributed by atoms with Gasteiger partial charge in [-0.3, -0.25) is 0 Å². The third kappa shape index (κ3) is 4.16. The lowest BCUT2D eigenvalue weighted by molar-refractivity contribution is -0.143. The van der Waals surface area contributed by atoms with Crippen LogP contribution in [0.25, 0.3) is 0 Å². The number of aryl methyl sites for hydroxylation is 2. The van der Waals surface area contributed by atoms with Crippen molar-refractivity contribution < 1.29 is 26.7 Å². The van der Waals surface area contributed by atoms with E-state index in [0.29, 0.717) is 6.42 Å². The van der Waals surface area contributed by atoms with Crippen molar-refractivity contribution in [2.75, 3.05) is 0 Å². The van der Waals surface area contributed by atoms with Crippen LogP contribution in [0.5, 0.6) is 11.5 Å². The molecule has 3 nitrogen and oxygen atoms in total. The molecular formula is C17H11F5N2OS. The molecule has 3 rings (SSSR count). The van der Waals surface area contributed by atoms with Gasteiger partial charge in [0.25, 0.3) is 0 Å². The summed E-state index contributed by atoms with van der Waals surface area (Å²) in [6, 6.07) is 6.21. The molecule has 9 heteroatoms. The third-order valence-corrected chi connectivity index (χ3v) is 4.29. The first-order chi connectivity index (χ1) is 12.3. The van der Waals surface area contributed by atoms with E-state index in [1.165, 1.54) is 23.5 Å². The van der Waals surface area contributed by atoms with Gasteiger partial charge in [0.1, 0.15) is 5.75 Å². The number of hydrogen-bond acceptors (Lipinski definition) is 4. The number of nitrogens with zero attached hydrogens (tertiary/aromatic N) is 2. The Hall–Kier alpha value is -2.55. The lowest BCUT2D eigenvalue weighted by atomic mass is 10.1. The molecular weight excluding hydrogens is 375 g/mol. The first-order valence-electron chi connectivity index (χ1n) is 7.41. The second-order valence-electron chi connectivity index (χ2n) is 5.27. The molecule has 1 aromatic carbocycles. The Morgan fingerprint density at radius 3 is 2.35 bits per heavy atom. The SMILES string of the molecule is Fc1cnc(C(F)(F)F)c(F)c1Oc1ccc(CCc2nccs2)cc1. The largest absolute Gasteiger partial charge is 0.451 e. The summed E-state index contributed by atoms with van der Waals surface area (Å²) in [7, 11) is 0. The number of benzene rings is 1. The van der Waals surface area contributed by atoms with E-state index in [-0.39, 0.29) is 11.9 Å². The van der Waals surface area contributed by atoms with Crippen LogP contribution in [0.15, 0.2) is 42.0 Å². The van der Waals surface area contributed by atoms with Crippen molar-refractivity contribution in [2.24, 2.45) is 0 Å². The summed E-state index contributed by atoms with van der Waals surface area (Å²) in [6.45, 7) is 0. The number of halogens is 5. The van der Waals surface area contributed by atoms with Crippen LogP contribution in [0, 0.1) is 11.6 Å². The maximum Gasteiger partial charge on any atom is 0.436 e. The number of hydrogen-bond donors (Lipinski definition) is 0. The van der Waals surface area contributed by atoms with E-state index in [2.05, 4.69) is 9.97 Å². The number of alkyl halides is 3. The van der Waals surface area contributed by atoms with Gasteiger partial charge in [-0.25, -0.2) is 18.7 Å². The van der Waals surface area contributed by atoms with Crippen LogP contribution in [0.1, 0.15) is 16.3 Å². The van der Waals surface area contributed by atoms with Crippen LogP contribution in [0.2, 0.25) is 0 Å². The first-order valence-corrected chi connectivity index (χ1v) is 8.29. The van der Waals surface area contributed by atoms with E-state index in [9.17, 15) is 22.0 Å². The van der Waals surface area contributed by atoms with Gasteiger partial charge in [-0.15, -0.1) is 11.3 Å². The van der Waals surface area contributed by atoms with Crippen LogP contribution in [-0.2, 0) is 19.0 Å². The molecule has 0 radical (unpaired) electrons. The van der Waals surface area contributed by atoms with E-state index in [1.54, 1.807) is 18.3 Å². The monoisotopic (exact) mass is 386 g/mol. The van der Waals surface area contributed by atoms with Gasteiger partial charge in [-0.1, -0.05) is 12.1 Å². The Bertz CT molecular complexity index is 879. The van der Waals surface area contributed by atoms with Gasteiger partial charge in [-0.2, -0.15) is 13.2 Å². The molecule has 0 amide bonds. The van der Waals surface area contributed by atoms with Crippen molar-refractivity contribution >= 4 is 11.3 Å². The van der Waals surface area contributed by atoms with E-state index in [0.717, 1.165) is 17.0 Å². The van der Waals surface area contributed by atoms with Crippen molar-refractivity contribution in [3.05, 3.63) is 69.9 Å². The standard InChI is InChI=1S/C17H11F5N2OS/c18-12-9-24-16(17(20,21)22)14(19)15(12)25-11-4-1-10(2-5-11)3-6-13-23-7-8-26-13/h1-2,4-5,7-9H,3,6H2. The van der Waals surface area contributed by atoms with Gasteiger partial charge in [0.2, 0.25) is 5.75 Å². The summed E-state index contributed by atoms with van der Waals surface area (Å²) in [5.41, 5.74) is -0.895. The molecule has 2 heterocycles. The fraction of sp³-hybridized carbons (Fsp3) is 0.176. The van der Waals surface area contributed by atoms with E-state index < -0.39 is 29.3 Å². The predicted molar refractivity (Wildman–Crippen MR) is 85.2 cm³/mol. The molecule has 136 valence electrons. The van der Waals surface area contributed by atoms with Crippen LogP contribution >= 0.6 is 11.3 Å². The molecule has 0 aliphatic heterocycles. The Morgan fingerprint density at radius 2 is 1.73 bits per heavy atom. The molecule has 0 saturated carbocycles. The topological polar surface area (TPSA) is 35.0 Å². The molecule has 0 spiro atoms. The van der Waals surface area contributed by atoms with Crippen LogP contribution in [-0.4, -0.2) is 9.97 Å². The van der Waals surface area contributed by atoms with Gasteiger partial charge < -0.3 is 4.74 Å². The molecule has 26 heavy (non-hydrogen) atoms. The van der Waals surface area contributed by atoms with E-state index in [4.69, 9.17) is 4.74 Å². The van der Waals surface area contributed by atoms with Gasteiger partial charge in [-0.05, 0) is 24.1 Å². The molecule has 0 bridgehead atoms. The smallest absolute Gasteiger partial charge is 0.436 e. The van der Waals surface area contributed by atoms with Gasteiger partial charge >= 0.3 is 6.18 Å². The fourth-order valence-corrected chi connectivity index (χ4v) is 2.83. The van der Waals surface area contributed by atoms with Crippen molar-refractivity contribution in [1.82, 2.24) is 9.97 Å². The molecule has 0 aliphatic carbocycles. The van der Waals surface area contributed by atoms with Gasteiger partial charge in [0.05, 0.1) is 11.2 Å². The Labute approximate surface area is 149 Å². The molecule has 0 aliphatic rings. The second kappa shape index (κ2) is 7.36. The highest BCUT2D eigenvalue weighted by Gasteiger charge is 2.38. The zero-order valence-corrected chi connectivity index (χ0v) is 13.9. The van der Waals surface area contributed by atoms with Crippen molar-refractivity contribution in [1.29, 1.82) is 0 Å². The van der Waals surface area contributed by atoms with E-state index in [1.807, 2.05) is 5.38 Å². The molecule has 0 saturated heterocycles. The maximum atomic E-state index is 13.9. The molecule has 0 fully saturated rings. The summed E-state index contributed by atoms with van der Waals surface area (Å²) in [5.74, 6) is -4.32. The number of thiazole rings is 1. The van der Waals surface area contributed by atoms with Gasteiger partial charge in [0, 0.05) is 18.0 Å². The normalized spacial score (nSPS) is 11.6. The molecule has 0 unspecified atom stereocenters. The summed E-state index contributed by atoms with van der Waals surface area (Å²) >= 11 is 1.54. The Kier molecular flexibility index (Phi) is 5.17. The minimum Gasteiger partial charge on any atom is -0.451 e. The fourth-order valence-electron chi connectivity index (χ4n) is 2.21. The maximum absolute atomic E-state index is 13.9. The van der Waals surface area contributed by atoms with Crippen LogP contribution < -0.4 is 4.74 Å². The highest BCUT2D eigenvalue weighted by atomic mass is 32.1. The molecule has 3 aromatic rings. The second-order valence-corrected chi connectivity index (χ2v) is 6.25. The summed E-state index contributed by atoms with van der Waals surface area (Å²) in [5, 5.41) is 2.85. The number of rotatable bonds is 5. The molecule has 2 aromatic heterocycles. The summed E-state index contributed by atoms with van der Waals surface area (Å²) < 4.78 is 70.6. The molecule has 0 atom stereocenters. The highest BCUT2D eigenvalue weighted by Crippen LogP contribution is 2.36. The zero-order chi connectivity index (χ0) is 18.7. The minimum atomic E-state index is -5.05. The highest BCUT2D eigenvalue weighted by molar-refractivity contribution is 7.09. The van der Waals surface area contributed by atoms with E-state index >= 15 is 0 Å². The number of ether oxygens (including phenoxy) is 1. The number of aromatic nitrogens is 2. The quantitative estimate of drug-likeness (QED) is 0.550. The first kappa shape index (κ1) is 18.2. The average Bonchev–Trinajstić information content (AvgIpc) is 3.10. The average molecular weight is 386 g/mol. The third-order valence-electron chi connectivity index (χ3n) is 3.45. The summed E-state index contributed by atoms with van der Waals surface area (Å²) in [4.78, 5) is 6.92. The number of pyridine rings is 1. The minimum absolute atomic E-state index is 0.0140. The Balaban J connectivity index is 1.75. The van der Waals surface area contributed by atoms with Crippen molar-refractivity contribution in [3.63, 3.8) is 0 Å². The van der Waals surface area contributed by atoms with Gasteiger partial charge in [0.15, 0.2) is 17.3 Å². The lowest BCUT2D eigenvalue weighted by Crippen LogP contribution is -2.12. The Morgan fingerprint density at radius 1 is 1.00 bits per heavy atom.